The number of benzene rings is 2. The number of hydrogen-bond donors (Lipinski definition) is 1. The molecule has 0 radical (unpaired) electrons. The van der Waals surface area contributed by atoms with Gasteiger partial charge in [0.2, 0.25) is 0 Å². The van der Waals surface area contributed by atoms with E-state index >= 15 is 0 Å². The molecule has 0 unspecified atom stereocenters. The normalized spacial score (nSPS) is 11.5. The second-order valence-corrected chi connectivity index (χ2v) is 7.64. The Bertz CT molecular complexity index is 743. The lowest BCUT2D eigenvalue weighted by Gasteiger charge is -2.24. The van der Waals surface area contributed by atoms with Gasteiger partial charge in [0, 0.05) is 7.11 Å². The van der Waals surface area contributed by atoms with E-state index in [1.807, 2.05) is 58.0 Å². The monoisotopic (exact) mass is 374 g/mol. The van der Waals surface area contributed by atoms with Crippen molar-refractivity contribution in [3.8, 4) is 11.5 Å². The molecule has 27 heavy (non-hydrogen) atoms. The van der Waals surface area contributed by atoms with E-state index in [-0.39, 0.29) is 5.60 Å². The smallest absolute Gasteiger partial charge is 0.121 e. The van der Waals surface area contributed by atoms with Crippen LogP contribution in [0.1, 0.15) is 49.9 Å². The molecule has 2 aromatic carbocycles. The molecule has 2 aromatic rings. The Hall–Kier alpha value is -2.04. The highest BCUT2D eigenvalue weighted by atomic mass is 16.5. The summed E-state index contributed by atoms with van der Waals surface area (Å²) in [5.41, 5.74) is 3.23. The summed E-state index contributed by atoms with van der Waals surface area (Å²) in [5, 5.41) is 9.74. The molecule has 150 valence electrons. The third-order valence-electron chi connectivity index (χ3n) is 4.70. The molecular weight excluding hydrogens is 340 g/mol. The second-order valence-electron chi connectivity index (χ2n) is 7.64. The lowest BCUT2D eigenvalue weighted by molar-refractivity contribution is 0.0191. The SMILES string of the molecule is COc1ccc(C(C)(C)O)cc1C.COc1ccc(C(C)(C)OC)cc1C. The standard InChI is InChI=1S/C12H18O2.C11H16O2/c1-9-8-10(12(2,3)14-5)6-7-11(9)13-4;1-8-7-9(11(2,3)12)5-6-10(8)13-4/h6-8H,1-5H3;5-7,12H,1-4H3. The Morgan fingerprint density at radius 1 is 0.704 bits per heavy atom. The zero-order chi connectivity index (χ0) is 20.8. The molecular formula is C23H34O4. The summed E-state index contributed by atoms with van der Waals surface area (Å²) < 4.78 is 15.7. The molecule has 0 saturated carbocycles. The minimum atomic E-state index is -0.781. The van der Waals surface area contributed by atoms with E-state index < -0.39 is 5.60 Å². The largest absolute Gasteiger partial charge is 0.496 e. The third-order valence-corrected chi connectivity index (χ3v) is 4.70. The van der Waals surface area contributed by atoms with Crippen molar-refractivity contribution in [2.24, 2.45) is 0 Å². The van der Waals surface area contributed by atoms with Gasteiger partial charge in [0.1, 0.15) is 11.5 Å². The summed E-state index contributed by atoms with van der Waals surface area (Å²) >= 11 is 0. The zero-order valence-corrected chi connectivity index (χ0v) is 18.1. The van der Waals surface area contributed by atoms with Gasteiger partial charge in [-0.1, -0.05) is 12.1 Å². The van der Waals surface area contributed by atoms with Gasteiger partial charge >= 0.3 is 0 Å². The van der Waals surface area contributed by atoms with Gasteiger partial charge in [0.05, 0.1) is 25.4 Å². The van der Waals surface area contributed by atoms with Gasteiger partial charge in [-0.3, -0.25) is 0 Å². The molecule has 0 fully saturated rings. The van der Waals surface area contributed by atoms with Crippen molar-refractivity contribution in [3.05, 3.63) is 58.7 Å². The zero-order valence-electron chi connectivity index (χ0n) is 18.1. The average molecular weight is 375 g/mol. The molecule has 1 N–H and O–H groups in total. The molecule has 0 heterocycles. The lowest BCUT2D eigenvalue weighted by atomic mass is 9.96. The van der Waals surface area contributed by atoms with E-state index in [2.05, 4.69) is 6.07 Å². The van der Waals surface area contributed by atoms with Crippen molar-refractivity contribution in [2.75, 3.05) is 21.3 Å². The van der Waals surface area contributed by atoms with E-state index in [1.165, 1.54) is 5.56 Å². The minimum Gasteiger partial charge on any atom is -0.496 e. The van der Waals surface area contributed by atoms with Gasteiger partial charge in [0.25, 0.3) is 0 Å². The van der Waals surface area contributed by atoms with Crippen molar-refractivity contribution < 1.29 is 19.3 Å². The number of rotatable bonds is 5. The summed E-state index contributed by atoms with van der Waals surface area (Å²) in [6.45, 7) is 11.6. The van der Waals surface area contributed by atoms with E-state index in [0.717, 1.165) is 28.2 Å². The van der Waals surface area contributed by atoms with Gasteiger partial charge in [-0.2, -0.15) is 0 Å². The van der Waals surface area contributed by atoms with E-state index in [9.17, 15) is 5.11 Å². The first-order valence-electron chi connectivity index (χ1n) is 9.04. The topological polar surface area (TPSA) is 47.9 Å². The van der Waals surface area contributed by atoms with Crippen LogP contribution in [0.5, 0.6) is 11.5 Å². The van der Waals surface area contributed by atoms with Crippen LogP contribution in [0.3, 0.4) is 0 Å². The van der Waals surface area contributed by atoms with E-state index in [0.29, 0.717) is 0 Å². The van der Waals surface area contributed by atoms with E-state index in [1.54, 1.807) is 35.2 Å². The summed E-state index contributed by atoms with van der Waals surface area (Å²) in [6, 6.07) is 11.8. The van der Waals surface area contributed by atoms with Crippen LogP contribution in [-0.2, 0) is 15.9 Å². The predicted molar refractivity (Wildman–Crippen MR) is 111 cm³/mol. The number of hydrogen-bond acceptors (Lipinski definition) is 4. The molecule has 4 nitrogen and oxygen atoms in total. The van der Waals surface area contributed by atoms with Crippen LogP contribution in [-0.4, -0.2) is 26.4 Å². The molecule has 0 spiro atoms. The Kier molecular flexibility index (Phi) is 7.88. The lowest BCUT2D eigenvalue weighted by Crippen LogP contribution is -2.19. The number of aliphatic hydroxyl groups is 1. The van der Waals surface area contributed by atoms with Crippen LogP contribution in [0.2, 0.25) is 0 Å². The van der Waals surface area contributed by atoms with Gasteiger partial charge < -0.3 is 19.3 Å². The third kappa shape index (κ3) is 6.26. The van der Waals surface area contributed by atoms with E-state index in [4.69, 9.17) is 14.2 Å². The average Bonchev–Trinajstić information content (AvgIpc) is 2.61. The fraction of sp³-hybridized carbons (Fsp3) is 0.478. The summed E-state index contributed by atoms with van der Waals surface area (Å²) in [7, 11) is 5.05. The van der Waals surface area contributed by atoms with Crippen LogP contribution in [0.25, 0.3) is 0 Å². The first-order valence-corrected chi connectivity index (χ1v) is 9.04. The fourth-order valence-corrected chi connectivity index (χ4v) is 2.63. The quantitative estimate of drug-likeness (QED) is 0.789. The Morgan fingerprint density at radius 2 is 1.11 bits per heavy atom. The van der Waals surface area contributed by atoms with Crippen LogP contribution in [0.4, 0.5) is 0 Å². The summed E-state index contributed by atoms with van der Waals surface area (Å²) in [4.78, 5) is 0. The maximum atomic E-state index is 9.74. The van der Waals surface area contributed by atoms with Crippen molar-refractivity contribution in [3.63, 3.8) is 0 Å². The molecule has 0 aromatic heterocycles. The first kappa shape index (κ1) is 23.0. The maximum Gasteiger partial charge on any atom is 0.121 e. The van der Waals surface area contributed by atoms with Gasteiger partial charge in [-0.05, 0) is 88.1 Å². The molecule has 0 aliphatic rings. The first-order chi connectivity index (χ1) is 12.5. The molecule has 0 aliphatic heterocycles. The summed E-state index contributed by atoms with van der Waals surface area (Å²) in [6.07, 6.45) is 0. The van der Waals surface area contributed by atoms with Gasteiger partial charge in [0.15, 0.2) is 0 Å². The van der Waals surface area contributed by atoms with Crippen LogP contribution in [0, 0.1) is 13.8 Å². The van der Waals surface area contributed by atoms with Crippen molar-refractivity contribution >= 4 is 0 Å². The highest BCUT2D eigenvalue weighted by Gasteiger charge is 2.20. The number of methoxy groups -OCH3 is 3. The molecule has 0 aliphatic carbocycles. The molecule has 0 amide bonds. The Morgan fingerprint density at radius 3 is 1.44 bits per heavy atom. The minimum absolute atomic E-state index is 0.239. The van der Waals surface area contributed by atoms with Crippen LogP contribution < -0.4 is 9.47 Å². The Balaban J connectivity index is 0.000000271. The number of ether oxygens (including phenoxy) is 3. The van der Waals surface area contributed by atoms with Crippen molar-refractivity contribution in [2.45, 2.75) is 52.7 Å². The molecule has 2 rings (SSSR count). The molecule has 4 heteroatoms. The summed E-state index contributed by atoms with van der Waals surface area (Å²) in [5.74, 6) is 1.77. The van der Waals surface area contributed by atoms with Gasteiger partial charge in [-0.25, -0.2) is 0 Å². The van der Waals surface area contributed by atoms with Crippen molar-refractivity contribution in [1.82, 2.24) is 0 Å². The van der Waals surface area contributed by atoms with Crippen molar-refractivity contribution in [1.29, 1.82) is 0 Å². The maximum absolute atomic E-state index is 9.74. The molecule has 0 bridgehead atoms. The Labute approximate surface area is 164 Å². The number of aryl methyl sites for hydroxylation is 2. The highest BCUT2D eigenvalue weighted by Crippen LogP contribution is 2.28. The molecule has 0 atom stereocenters. The highest BCUT2D eigenvalue weighted by molar-refractivity contribution is 5.38. The molecule has 0 saturated heterocycles. The second kappa shape index (κ2) is 9.25. The predicted octanol–water partition coefficient (Wildman–Crippen LogP) is 5.12. The fourth-order valence-electron chi connectivity index (χ4n) is 2.63. The van der Waals surface area contributed by atoms with Crippen LogP contribution >= 0.6 is 0 Å². The van der Waals surface area contributed by atoms with Crippen LogP contribution in [0.15, 0.2) is 36.4 Å². The van der Waals surface area contributed by atoms with Gasteiger partial charge in [-0.15, -0.1) is 0 Å².